The summed E-state index contributed by atoms with van der Waals surface area (Å²) >= 11 is 1.41. The van der Waals surface area contributed by atoms with E-state index in [9.17, 15) is 4.79 Å². The van der Waals surface area contributed by atoms with Gasteiger partial charge in [-0.2, -0.15) is 0 Å². The number of nitrogens with one attached hydrogen (secondary N) is 2. The van der Waals surface area contributed by atoms with Gasteiger partial charge in [0.2, 0.25) is 5.91 Å². The molecular weight excluding hydrogens is 262 g/mol. The van der Waals surface area contributed by atoms with Crippen LogP contribution in [0.5, 0.6) is 0 Å². The van der Waals surface area contributed by atoms with Gasteiger partial charge in [-0.05, 0) is 18.8 Å². The third kappa shape index (κ3) is 2.71. The van der Waals surface area contributed by atoms with E-state index in [0.717, 1.165) is 43.2 Å². The zero-order chi connectivity index (χ0) is 13.2. The maximum absolute atomic E-state index is 11.4. The van der Waals surface area contributed by atoms with Crippen LogP contribution in [-0.2, 0) is 11.3 Å². The first-order chi connectivity index (χ1) is 9.26. The van der Waals surface area contributed by atoms with Crippen LogP contribution in [0.3, 0.4) is 0 Å². The van der Waals surface area contributed by atoms with Crippen LogP contribution in [0.25, 0.3) is 0 Å². The molecule has 0 spiro atoms. The maximum Gasteiger partial charge on any atom is 0.220 e. The number of likely N-dealkylation sites (tertiary alicyclic amines) is 1. The van der Waals surface area contributed by atoms with Crippen LogP contribution in [0.1, 0.15) is 25.0 Å². The van der Waals surface area contributed by atoms with E-state index in [1.807, 2.05) is 7.05 Å². The van der Waals surface area contributed by atoms with Crippen molar-refractivity contribution in [2.75, 3.05) is 25.5 Å². The minimum absolute atomic E-state index is 0.218. The Balaban J connectivity index is 1.61. The molecule has 104 valence electrons. The molecule has 2 fully saturated rings. The second kappa shape index (κ2) is 5.42. The summed E-state index contributed by atoms with van der Waals surface area (Å²) in [5.41, 5.74) is 1.03. The van der Waals surface area contributed by atoms with Crippen molar-refractivity contribution < 1.29 is 4.79 Å². The highest BCUT2D eigenvalue weighted by Gasteiger charge is 2.33. The van der Waals surface area contributed by atoms with Gasteiger partial charge in [0.15, 0.2) is 0 Å². The van der Waals surface area contributed by atoms with Crippen LogP contribution < -0.4 is 10.6 Å². The number of aromatic nitrogens is 2. The molecule has 3 rings (SSSR count). The van der Waals surface area contributed by atoms with Crippen LogP contribution >= 0.6 is 11.5 Å². The van der Waals surface area contributed by atoms with Gasteiger partial charge in [-0.15, -0.1) is 5.10 Å². The number of anilines is 1. The molecule has 0 radical (unpaired) electrons. The summed E-state index contributed by atoms with van der Waals surface area (Å²) in [6.07, 6.45) is 2.74. The molecule has 0 bridgehead atoms. The largest absolute Gasteiger partial charge is 0.377 e. The fraction of sp³-hybridized carbons (Fsp3) is 0.750. The SMILES string of the molecule is CNc1snnc1CN1CCC2NC(=O)CCC2C1. The Morgan fingerprint density at radius 3 is 3.26 bits per heavy atom. The number of rotatable bonds is 3. The fourth-order valence-electron chi connectivity index (χ4n) is 3.04. The molecule has 3 heterocycles. The summed E-state index contributed by atoms with van der Waals surface area (Å²) in [5, 5.41) is 11.5. The normalized spacial score (nSPS) is 27.7. The summed E-state index contributed by atoms with van der Waals surface area (Å²) in [6, 6.07) is 0.384. The first-order valence-electron chi connectivity index (χ1n) is 6.77. The molecule has 2 atom stereocenters. The predicted molar refractivity (Wildman–Crippen MR) is 74.0 cm³/mol. The van der Waals surface area contributed by atoms with Crippen molar-refractivity contribution >= 4 is 22.4 Å². The Bertz CT molecular complexity index is 463. The number of amides is 1. The topological polar surface area (TPSA) is 70.2 Å². The summed E-state index contributed by atoms with van der Waals surface area (Å²) < 4.78 is 4.00. The van der Waals surface area contributed by atoms with Gasteiger partial charge in [-0.25, -0.2) is 0 Å². The van der Waals surface area contributed by atoms with Crippen molar-refractivity contribution in [1.29, 1.82) is 0 Å². The lowest BCUT2D eigenvalue weighted by Crippen LogP contribution is -2.53. The maximum atomic E-state index is 11.4. The lowest BCUT2D eigenvalue weighted by Gasteiger charge is -2.41. The second-order valence-corrected chi connectivity index (χ2v) is 6.05. The van der Waals surface area contributed by atoms with Crippen LogP contribution in [0, 0.1) is 5.92 Å². The van der Waals surface area contributed by atoms with Crippen molar-refractivity contribution in [3.63, 3.8) is 0 Å². The second-order valence-electron chi connectivity index (χ2n) is 5.30. The monoisotopic (exact) mass is 281 g/mol. The third-order valence-electron chi connectivity index (χ3n) is 4.06. The van der Waals surface area contributed by atoms with Gasteiger partial charge in [0.05, 0.1) is 0 Å². The highest BCUT2D eigenvalue weighted by Crippen LogP contribution is 2.27. The molecule has 0 aliphatic carbocycles. The van der Waals surface area contributed by atoms with E-state index in [0.29, 0.717) is 18.4 Å². The molecule has 1 amide bonds. The molecule has 0 saturated carbocycles. The molecular formula is C12H19N5OS. The van der Waals surface area contributed by atoms with E-state index < -0.39 is 0 Å². The van der Waals surface area contributed by atoms with Gasteiger partial charge >= 0.3 is 0 Å². The van der Waals surface area contributed by atoms with Gasteiger partial charge in [0.25, 0.3) is 0 Å². The molecule has 2 unspecified atom stereocenters. The Morgan fingerprint density at radius 2 is 2.42 bits per heavy atom. The molecule has 7 heteroatoms. The van der Waals surface area contributed by atoms with Gasteiger partial charge in [0.1, 0.15) is 10.7 Å². The van der Waals surface area contributed by atoms with E-state index in [1.54, 1.807) is 0 Å². The minimum Gasteiger partial charge on any atom is -0.377 e. The van der Waals surface area contributed by atoms with Crippen molar-refractivity contribution in [2.24, 2.45) is 5.92 Å². The number of carbonyl (C=O) groups excluding carboxylic acids is 1. The van der Waals surface area contributed by atoms with Gasteiger partial charge in [-0.1, -0.05) is 4.49 Å². The summed E-state index contributed by atoms with van der Waals surface area (Å²) in [5.74, 6) is 0.812. The van der Waals surface area contributed by atoms with Gasteiger partial charge < -0.3 is 10.6 Å². The zero-order valence-electron chi connectivity index (χ0n) is 11.1. The van der Waals surface area contributed by atoms with Crippen molar-refractivity contribution in [2.45, 2.75) is 31.8 Å². The van der Waals surface area contributed by atoms with Crippen LogP contribution in [0.2, 0.25) is 0 Å². The minimum atomic E-state index is 0.218. The Hall–Kier alpha value is -1.21. The van der Waals surface area contributed by atoms with E-state index in [-0.39, 0.29) is 5.91 Å². The van der Waals surface area contributed by atoms with E-state index in [4.69, 9.17) is 0 Å². The number of piperidine rings is 2. The average Bonchev–Trinajstić information content (AvgIpc) is 2.86. The quantitative estimate of drug-likeness (QED) is 0.852. The van der Waals surface area contributed by atoms with E-state index in [2.05, 4.69) is 25.1 Å². The molecule has 1 aromatic rings. The molecule has 2 aliphatic heterocycles. The average molecular weight is 281 g/mol. The summed E-state index contributed by atoms with van der Waals surface area (Å²) in [4.78, 5) is 13.8. The zero-order valence-corrected chi connectivity index (χ0v) is 11.9. The van der Waals surface area contributed by atoms with Crippen molar-refractivity contribution in [3.05, 3.63) is 5.69 Å². The smallest absolute Gasteiger partial charge is 0.220 e. The highest BCUT2D eigenvalue weighted by atomic mass is 32.1. The van der Waals surface area contributed by atoms with Crippen LogP contribution in [0.15, 0.2) is 0 Å². The lowest BCUT2D eigenvalue weighted by molar-refractivity contribution is -0.125. The van der Waals surface area contributed by atoms with Crippen molar-refractivity contribution in [1.82, 2.24) is 19.8 Å². The van der Waals surface area contributed by atoms with E-state index in [1.165, 1.54) is 11.5 Å². The number of hydrogen-bond acceptors (Lipinski definition) is 6. The number of nitrogens with zero attached hydrogens (tertiary/aromatic N) is 3. The molecule has 19 heavy (non-hydrogen) atoms. The van der Waals surface area contributed by atoms with Gasteiger partial charge in [-0.3, -0.25) is 9.69 Å². The predicted octanol–water partition coefficient (Wildman–Crippen LogP) is 0.680. The Kier molecular flexibility index (Phi) is 3.65. The van der Waals surface area contributed by atoms with Crippen LogP contribution in [0.4, 0.5) is 5.00 Å². The molecule has 2 N–H and O–H groups in total. The lowest BCUT2D eigenvalue weighted by atomic mass is 9.85. The molecule has 1 aromatic heterocycles. The number of hydrogen-bond donors (Lipinski definition) is 2. The first-order valence-corrected chi connectivity index (χ1v) is 7.54. The standard InChI is InChI=1S/C12H19N5OS/c1-13-12-10(15-16-19-12)7-17-5-4-9-8(6-17)2-3-11(18)14-9/h8-9,13H,2-7H2,1H3,(H,14,18). The molecule has 6 nitrogen and oxygen atoms in total. The molecule has 2 aliphatic rings. The Labute approximate surface area is 116 Å². The van der Waals surface area contributed by atoms with Gasteiger partial charge in [0, 0.05) is 50.7 Å². The molecule has 2 saturated heterocycles. The van der Waals surface area contributed by atoms with E-state index >= 15 is 0 Å². The summed E-state index contributed by atoms with van der Waals surface area (Å²) in [7, 11) is 1.90. The Morgan fingerprint density at radius 1 is 1.53 bits per heavy atom. The van der Waals surface area contributed by atoms with Crippen molar-refractivity contribution in [3.8, 4) is 0 Å². The third-order valence-corrected chi connectivity index (χ3v) is 4.85. The first kappa shape index (κ1) is 12.8. The fourth-order valence-corrected chi connectivity index (χ4v) is 3.57. The molecule has 0 aromatic carbocycles. The summed E-state index contributed by atoms with van der Waals surface area (Å²) in [6.45, 7) is 2.91. The van der Waals surface area contributed by atoms with Crippen LogP contribution in [-0.4, -0.2) is 46.6 Å². The highest BCUT2D eigenvalue weighted by molar-refractivity contribution is 7.10. The number of fused-ring (bicyclic) bond motifs is 1. The number of carbonyl (C=O) groups is 1.